The maximum absolute atomic E-state index is 12.5. The smallest absolute Gasteiger partial charge is 0.240 e. The van der Waals surface area contributed by atoms with Crippen LogP contribution in [-0.4, -0.2) is 42.1 Å². The van der Waals surface area contributed by atoms with Gasteiger partial charge in [0.2, 0.25) is 11.8 Å². The number of para-hydroxylation sites is 1. The number of amides is 2. The van der Waals surface area contributed by atoms with Gasteiger partial charge in [0.05, 0.1) is 11.4 Å². The second kappa shape index (κ2) is 9.67. The first-order valence-electron chi connectivity index (χ1n) is 10.7. The number of carbonyl (C=O) groups is 2. The molecule has 0 aromatic heterocycles. The maximum atomic E-state index is 12.5. The van der Waals surface area contributed by atoms with Crippen molar-refractivity contribution >= 4 is 29.3 Å². The summed E-state index contributed by atoms with van der Waals surface area (Å²) in [5.41, 5.74) is 3.21. The van der Waals surface area contributed by atoms with Gasteiger partial charge in [-0.05, 0) is 55.1 Å². The SMILES string of the molecule is CC1CCN(Cc2ccc(CNC(=O)CN3C(=O)CSc4ccccc43)cc2)CC1. The van der Waals surface area contributed by atoms with Gasteiger partial charge in [-0.15, -0.1) is 11.8 Å². The van der Waals surface area contributed by atoms with Gasteiger partial charge < -0.3 is 10.2 Å². The Hall–Kier alpha value is -2.31. The number of hydrogen-bond acceptors (Lipinski definition) is 4. The second-order valence-electron chi connectivity index (χ2n) is 8.29. The highest BCUT2D eigenvalue weighted by atomic mass is 32.2. The van der Waals surface area contributed by atoms with E-state index < -0.39 is 0 Å². The van der Waals surface area contributed by atoms with Crippen molar-refractivity contribution in [2.24, 2.45) is 5.92 Å². The Morgan fingerprint density at radius 1 is 1.07 bits per heavy atom. The first kappa shape index (κ1) is 20.9. The van der Waals surface area contributed by atoms with E-state index in [1.54, 1.807) is 4.90 Å². The standard InChI is InChI=1S/C24H29N3O2S/c1-18-10-12-26(13-11-18)15-20-8-6-19(7-9-20)14-25-23(28)16-27-21-4-2-3-5-22(21)30-17-24(27)29/h2-9,18H,10-17H2,1H3,(H,25,28). The van der Waals surface area contributed by atoms with Crippen molar-refractivity contribution in [3.63, 3.8) is 0 Å². The lowest BCUT2D eigenvalue weighted by atomic mass is 9.99. The van der Waals surface area contributed by atoms with Crippen LogP contribution in [0.2, 0.25) is 0 Å². The molecule has 1 N–H and O–H groups in total. The molecule has 0 atom stereocenters. The number of thioether (sulfide) groups is 1. The van der Waals surface area contributed by atoms with E-state index in [4.69, 9.17) is 0 Å². The van der Waals surface area contributed by atoms with Gasteiger partial charge in [-0.2, -0.15) is 0 Å². The molecule has 5 nitrogen and oxygen atoms in total. The summed E-state index contributed by atoms with van der Waals surface area (Å²) in [7, 11) is 0. The fourth-order valence-corrected chi connectivity index (χ4v) is 4.90. The molecule has 0 saturated carbocycles. The molecule has 0 radical (unpaired) electrons. The fourth-order valence-electron chi connectivity index (χ4n) is 3.97. The van der Waals surface area contributed by atoms with Gasteiger partial charge in [-0.1, -0.05) is 43.3 Å². The fraction of sp³-hybridized carbons (Fsp3) is 0.417. The average molecular weight is 424 g/mol. The van der Waals surface area contributed by atoms with Gasteiger partial charge >= 0.3 is 0 Å². The number of piperidine rings is 1. The molecule has 0 bridgehead atoms. The zero-order valence-electron chi connectivity index (χ0n) is 17.5. The third kappa shape index (κ3) is 5.24. The Bertz CT molecular complexity index is 892. The van der Waals surface area contributed by atoms with Crippen LogP contribution in [0.5, 0.6) is 0 Å². The minimum Gasteiger partial charge on any atom is -0.350 e. The number of nitrogens with zero attached hydrogens (tertiary/aromatic N) is 2. The lowest BCUT2D eigenvalue weighted by Crippen LogP contribution is -2.43. The number of fused-ring (bicyclic) bond motifs is 1. The molecular weight excluding hydrogens is 394 g/mol. The number of nitrogens with one attached hydrogen (secondary N) is 1. The van der Waals surface area contributed by atoms with Crippen LogP contribution in [0, 0.1) is 5.92 Å². The zero-order valence-corrected chi connectivity index (χ0v) is 18.3. The molecule has 2 aliphatic rings. The summed E-state index contributed by atoms with van der Waals surface area (Å²) < 4.78 is 0. The van der Waals surface area contributed by atoms with Crippen molar-refractivity contribution in [1.29, 1.82) is 0 Å². The third-order valence-corrected chi connectivity index (χ3v) is 6.95. The summed E-state index contributed by atoms with van der Waals surface area (Å²) >= 11 is 1.53. The van der Waals surface area contributed by atoms with Crippen LogP contribution in [0.1, 0.15) is 30.9 Å². The van der Waals surface area contributed by atoms with Crippen molar-refractivity contribution < 1.29 is 9.59 Å². The van der Waals surface area contributed by atoms with Gasteiger partial charge in [0.25, 0.3) is 0 Å². The highest BCUT2D eigenvalue weighted by Crippen LogP contribution is 2.34. The molecule has 0 unspecified atom stereocenters. The van der Waals surface area contributed by atoms with Gasteiger partial charge in [-0.3, -0.25) is 14.5 Å². The summed E-state index contributed by atoms with van der Waals surface area (Å²) in [6, 6.07) is 16.2. The molecule has 2 aromatic carbocycles. The van der Waals surface area contributed by atoms with Crippen LogP contribution in [0.25, 0.3) is 0 Å². The number of hydrogen-bond donors (Lipinski definition) is 1. The van der Waals surface area contributed by atoms with E-state index >= 15 is 0 Å². The summed E-state index contributed by atoms with van der Waals surface area (Å²) in [6.45, 7) is 6.21. The van der Waals surface area contributed by atoms with E-state index in [0.29, 0.717) is 12.3 Å². The Morgan fingerprint density at radius 2 is 1.77 bits per heavy atom. The predicted octanol–water partition coefficient (Wildman–Crippen LogP) is 3.67. The molecule has 2 aliphatic heterocycles. The van der Waals surface area contributed by atoms with Crippen molar-refractivity contribution in [3.8, 4) is 0 Å². The average Bonchev–Trinajstić information content (AvgIpc) is 2.77. The van der Waals surface area contributed by atoms with Crippen molar-refractivity contribution in [2.75, 3.05) is 30.3 Å². The van der Waals surface area contributed by atoms with Gasteiger partial charge in [0, 0.05) is 18.0 Å². The quantitative estimate of drug-likeness (QED) is 0.770. The molecule has 1 fully saturated rings. The first-order chi connectivity index (χ1) is 14.6. The molecule has 6 heteroatoms. The Morgan fingerprint density at radius 3 is 2.53 bits per heavy atom. The van der Waals surface area contributed by atoms with Gasteiger partial charge in [0.1, 0.15) is 6.54 Å². The molecule has 4 rings (SSSR count). The number of carbonyl (C=O) groups excluding carboxylic acids is 2. The maximum Gasteiger partial charge on any atom is 0.240 e. The molecular formula is C24H29N3O2S. The van der Waals surface area contributed by atoms with Gasteiger partial charge in [-0.25, -0.2) is 0 Å². The summed E-state index contributed by atoms with van der Waals surface area (Å²) in [6.07, 6.45) is 2.57. The highest BCUT2D eigenvalue weighted by Gasteiger charge is 2.26. The lowest BCUT2D eigenvalue weighted by Gasteiger charge is -2.30. The normalized spacial score (nSPS) is 17.6. The Balaban J connectivity index is 1.27. The van der Waals surface area contributed by atoms with Crippen molar-refractivity contribution in [3.05, 3.63) is 59.7 Å². The van der Waals surface area contributed by atoms with E-state index in [2.05, 4.69) is 41.4 Å². The Kier molecular flexibility index (Phi) is 6.75. The van der Waals surface area contributed by atoms with Crippen LogP contribution in [0.4, 0.5) is 5.69 Å². The largest absolute Gasteiger partial charge is 0.350 e. The number of rotatable bonds is 6. The first-order valence-corrected chi connectivity index (χ1v) is 11.7. The molecule has 2 heterocycles. The highest BCUT2D eigenvalue weighted by molar-refractivity contribution is 8.00. The summed E-state index contributed by atoms with van der Waals surface area (Å²) in [5.74, 6) is 1.06. The van der Waals surface area contributed by atoms with Gasteiger partial charge in [0.15, 0.2) is 0 Å². The summed E-state index contributed by atoms with van der Waals surface area (Å²) in [5, 5.41) is 2.95. The van der Waals surface area contributed by atoms with E-state index in [1.165, 1.54) is 43.3 Å². The molecule has 0 spiro atoms. The molecule has 158 valence electrons. The van der Waals surface area contributed by atoms with Crippen LogP contribution >= 0.6 is 11.8 Å². The molecule has 1 saturated heterocycles. The van der Waals surface area contributed by atoms with E-state index in [-0.39, 0.29) is 18.4 Å². The van der Waals surface area contributed by atoms with Crippen LogP contribution in [-0.2, 0) is 22.7 Å². The predicted molar refractivity (Wildman–Crippen MR) is 121 cm³/mol. The molecule has 30 heavy (non-hydrogen) atoms. The molecule has 0 aliphatic carbocycles. The number of anilines is 1. The zero-order chi connectivity index (χ0) is 20.9. The van der Waals surface area contributed by atoms with Crippen LogP contribution in [0.3, 0.4) is 0 Å². The lowest BCUT2D eigenvalue weighted by molar-refractivity contribution is -0.123. The molecule has 2 amide bonds. The summed E-state index contributed by atoms with van der Waals surface area (Å²) in [4.78, 5) is 29.9. The Labute approximate surface area is 182 Å². The molecule has 2 aromatic rings. The van der Waals surface area contributed by atoms with Crippen LogP contribution in [0.15, 0.2) is 53.4 Å². The van der Waals surface area contributed by atoms with Crippen molar-refractivity contribution in [1.82, 2.24) is 10.2 Å². The minimum absolute atomic E-state index is 0.0229. The van der Waals surface area contributed by atoms with Crippen molar-refractivity contribution in [2.45, 2.75) is 37.8 Å². The monoisotopic (exact) mass is 423 g/mol. The third-order valence-electron chi connectivity index (χ3n) is 5.91. The topological polar surface area (TPSA) is 52.7 Å². The number of likely N-dealkylation sites (tertiary alicyclic amines) is 1. The van der Waals surface area contributed by atoms with E-state index in [9.17, 15) is 9.59 Å². The second-order valence-corrected chi connectivity index (χ2v) is 9.31. The van der Waals surface area contributed by atoms with E-state index in [1.807, 2.05) is 24.3 Å². The van der Waals surface area contributed by atoms with E-state index in [0.717, 1.165) is 28.6 Å². The minimum atomic E-state index is -0.142. The number of benzene rings is 2. The van der Waals surface area contributed by atoms with Crippen LogP contribution < -0.4 is 10.2 Å².